The quantitative estimate of drug-likeness (QED) is 0.888. The molecule has 0 atom stereocenters. The number of aromatic nitrogens is 1. The first kappa shape index (κ1) is 15.3. The highest BCUT2D eigenvalue weighted by Crippen LogP contribution is 2.19. The summed E-state index contributed by atoms with van der Waals surface area (Å²) in [6, 6.07) is 2.46. The van der Waals surface area contributed by atoms with Gasteiger partial charge in [-0.05, 0) is 57.5 Å². The Balaban J connectivity index is 1.86. The Morgan fingerprint density at radius 2 is 2.15 bits per heavy atom. The van der Waals surface area contributed by atoms with Gasteiger partial charge in [0.1, 0.15) is 0 Å². The molecule has 1 saturated heterocycles. The number of hydrogen-bond donors (Lipinski definition) is 1. The summed E-state index contributed by atoms with van der Waals surface area (Å²) in [6.07, 6.45) is 4.21. The average Bonchev–Trinajstić information content (AvgIpc) is 2.41. The Bertz CT molecular complexity index is 542. The third-order valence-corrected chi connectivity index (χ3v) is 5.06. The lowest BCUT2D eigenvalue weighted by atomic mass is 9.94. The van der Waals surface area contributed by atoms with E-state index in [2.05, 4.69) is 21.7 Å². The van der Waals surface area contributed by atoms with Gasteiger partial charge in [-0.3, -0.25) is 0 Å². The predicted molar refractivity (Wildman–Crippen MR) is 74.2 cm³/mol. The van der Waals surface area contributed by atoms with Crippen molar-refractivity contribution < 1.29 is 12.8 Å². The number of sulfonamides is 1. The van der Waals surface area contributed by atoms with E-state index in [1.54, 1.807) is 0 Å². The molecule has 0 spiro atoms. The van der Waals surface area contributed by atoms with Crippen molar-refractivity contribution in [2.75, 3.05) is 26.7 Å². The number of hydrogen-bond acceptors (Lipinski definition) is 4. The SMILES string of the molecule is CN1CCC(CCNS(=O)(=O)c2ncccc2F)CC1. The first-order valence-corrected chi connectivity index (χ1v) is 8.26. The molecule has 1 N–H and O–H groups in total. The smallest absolute Gasteiger partial charge is 0.261 e. The largest absolute Gasteiger partial charge is 0.306 e. The lowest BCUT2D eigenvalue weighted by Gasteiger charge is -2.28. The van der Waals surface area contributed by atoms with Crippen molar-refractivity contribution in [2.24, 2.45) is 5.92 Å². The molecule has 1 aliphatic heterocycles. The standard InChI is InChI=1S/C13H20FN3O2S/c1-17-9-5-11(6-10-17)4-8-16-20(18,19)13-12(14)3-2-7-15-13/h2-3,7,11,16H,4-6,8-10H2,1H3. The van der Waals surface area contributed by atoms with Gasteiger partial charge in [-0.15, -0.1) is 0 Å². The number of nitrogens with zero attached hydrogens (tertiary/aromatic N) is 2. The second-order valence-corrected chi connectivity index (χ2v) is 6.91. The minimum atomic E-state index is -3.85. The molecule has 0 aromatic carbocycles. The van der Waals surface area contributed by atoms with Crippen LogP contribution in [-0.2, 0) is 10.0 Å². The zero-order valence-electron chi connectivity index (χ0n) is 11.5. The van der Waals surface area contributed by atoms with Crippen molar-refractivity contribution in [1.82, 2.24) is 14.6 Å². The predicted octanol–water partition coefficient (Wildman–Crippen LogP) is 1.23. The number of likely N-dealkylation sites (tertiary alicyclic amines) is 1. The summed E-state index contributed by atoms with van der Waals surface area (Å²) in [6.45, 7) is 2.42. The second-order valence-electron chi connectivity index (χ2n) is 5.22. The van der Waals surface area contributed by atoms with E-state index in [4.69, 9.17) is 0 Å². The van der Waals surface area contributed by atoms with Crippen LogP contribution in [0.25, 0.3) is 0 Å². The Morgan fingerprint density at radius 3 is 2.80 bits per heavy atom. The number of halogens is 1. The maximum absolute atomic E-state index is 13.4. The van der Waals surface area contributed by atoms with Gasteiger partial charge in [-0.1, -0.05) is 0 Å². The maximum atomic E-state index is 13.4. The molecule has 112 valence electrons. The molecule has 1 aliphatic rings. The maximum Gasteiger partial charge on any atom is 0.261 e. The van der Waals surface area contributed by atoms with Gasteiger partial charge in [-0.2, -0.15) is 0 Å². The van der Waals surface area contributed by atoms with E-state index in [9.17, 15) is 12.8 Å². The average molecular weight is 301 g/mol. The van der Waals surface area contributed by atoms with Crippen LogP contribution in [0.5, 0.6) is 0 Å². The lowest BCUT2D eigenvalue weighted by molar-refractivity contribution is 0.213. The van der Waals surface area contributed by atoms with Crippen molar-refractivity contribution in [3.63, 3.8) is 0 Å². The van der Waals surface area contributed by atoms with Gasteiger partial charge in [0, 0.05) is 12.7 Å². The summed E-state index contributed by atoms with van der Waals surface area (Å²) in [5, 5.41) is -0.525. The zero-order chi connectivity index (χ0) is 14.6. The molecule has 0 amide bonds. The highest BCUT2D eigenvalue weighted by molar-refractivity contribution is 7.89. The first-order chi connectivity index (χ1) is 9.49. The Kier molecular flexibility index (Phi) is 5.06. The molecule has 1 fully saturated rings. The summed E-state index contributed by atoms with van der Waals surface area (Å²) in [7, 11) is -1.76. The molecule has 2 rings (SSSR count). The van der Waals surface area contributed by atoms with E-state index in [1.807, 2.05) is 0 Å². The van der Waals surface area contributed by atoms with Crippen molar-refractivity contribution >= 4 is 10.0 Å². The fourth-order valence-electron chi connectivity index (χ4n) is 2.39. The molecule has 0 aliphatic carbocycles. The first-order valence-electron chi connectivity index (χ1n) is 6.78. The van der Waals surface area contributed by atoms with Crippen molar-refractivity contribution in [3.8, 4) is 0 Å². The van der Waals surface area contributed by atoms with Crippen LogP contribution >= 0.6 is 0 Å². The Morgan fingerprint density at radius 1 is 1.45 bits per heavy atom. The minimum Gasteiger partial charge on any atom is -0.306 e. The number of pyridine rings is 1. The van der Waals surface area contributed by atoms with Gasteiger partial charge in [0.25, 0.3) is 10.0 Å². The Hall–Kier alpha value is -1.05. The highest BCUT2D eigenvalue weighted by atomic mass is 32.2. The zero-order valence-corrected chi connectivity index (χ0v) is 12.4. The third-order valence-electron chi connectivity index (χ3n) is 3.66. The van der Waals surface area contributed by atoms with Crippen LogP contribution in [0.1, 0.15) is 19.3 Å². The van der Waals surface area contributed by atoms with E-state index in [1.165, 1.54) is 12.3 Å². The van der Waals surface area contributed by atoms with Crippen LogP contribution in [0, 0.1) is 11.7 Å². The molecule has 0 unspecified atom stereocenters. The van der Waals surface area contributed by atoms with Gasteiger partial charge in [0.2, 0.25) is 5.03 Å². The fourth-order valence-corrected chi connectivity index (χ4v) is 3.43. The van der Waals surface area contributed by atoms with E-state index in [-0.39, 0.29) is 0 Å². The van der Waals surface area contributed by atoms with Crippen molar-refractivity contribution in [2.45, 2.75) is 24.3 Å². The molecular formula is C13H20FN3O2S. The van der Waals surface area contributed by atoms with Crippen LogP contribution in [0.2, 0.25) is 0 Å². The third kappa shape index (κ3) is 3.97. The van der Waals surface area contributed by atoms with Crippen molar-refractivity contribution in [3.05, 3.63) is 24.1 Å². The molecule has 5 nitrogen and oxygen atoms in total. The monoisotopic (exact) mass is 301 g/mol. The summed E-state index contributed by atoms with van der Waals surface area (Å²) in [5.41, 5.74) is 0. The normalized spacial score (nSPS) is 18.3. The molecular weight excluding hydrogens is 281 g/mol. The minimum absolute atomic E-state index is 0.326. The molecule has 1 aromatic heterocycles. The fraction of sp³-hybridized carbons (Fsp3) is 0.615. The number of rotatable bonds is 5. The molecule has 20 heavy (non-hydrogen) atoms. The molecule has 0 radical (unpaired) electrons. The molecule has 0 saturated carbocycles. The van der Waals surface area contributed by atoms with E-state index < -0.39 is 20.9 Å². The van der Waals surface area contributed by atoms with Gasteiger partial charge < -0.3 is 4.90 Å². The van der Waals surface area contributed by atoms with Gasteiger partial charge in [0.15, 0.2) is 5.82 Å². The molecule has 0 bridgehead atoms. The number of piperidine rings is 1. The molecule has 2 heterocycles. The van der Waals surface area contributed by atoms with E-state index in [0.29, 0.717) is 12.5 Å². The Labute approximate surface area is 119 Å². The highest BCUT2D eigenvalue weighted by Gasteiger charge is 2.21. The van der Waals surface area contributed by atoms with Gasteiger partial charge in [0.05, 0.1) is 0 Å². The van der Waals surface area contributed by atoms with Gasteiger partial charge in [-0.25, -0.2) is 22.5 Å². The van der Waals surface area contributed by atoms with E-state index >= 15 is 0 Å². The summed E-state index contributed by atoms with van der Waals surface area (Å²) in [4.78, 5) is 5.86. The summed E-state index contributed by atoms with van der Waals surface area (Å²) < 4.78 is 39.7. The lowest BCUT2D eigenvalue weighted by Crippen LogP contribution is -2.33. The second kappa shape index (κ2) is 6.60. The van der Waals surface area contributed by atoms with Crippen LogP contribution in [0.4, 0.5) is 4.39 Å². The number of nitrogens with one attached hydrogen (secondary N) is 1. The topological polar surface area (TPSA) is 62.3 Å². The van der Waals surface area contributed by atoms with Crippen LogP contribution in [0.15, 0.2) is 23.4 Å². The van der Waals surface area contributed by atoms with E-state index in [0.717, 1.165) is 38.4 Å². The summed E-state index contributed by atoms with van der Waals surface area (Å²) >= 11 is 0. The van der Waals surface area contributed by atoms with Crippen LogP contribution in [0.3, 0.4) is 0 Å². The molecule has 7 heteroatoms. The molecule has 1 aromatic rings. The summed E-state index contributed by atoms with van der Waals surface area (Å²) in [5.74, 6) is -0.290. The van der Waals surface area contributed by atoms with Crippen LogP contribution in [-0.4, -0.2) is 45.0 Å². The van der Waals surface area contributed by atoms with Gasteiger partial charge >= 0.3 is 0 Å². The van der Waals surface area contributed by atoms with Crippen LogP contribution < -0.4 is 4.72 Å². The van der Waals surface area contributed by atoms with Crippen molar-refractivity contribution in [1.29, 1.82) is 0 Å².